The first-order chi connectivity index (χ1) is 8.67. The average molecular weight is 333 g/mol. The molecule has 0 heterocycles. The standard InChI is InChI=1S/C15H23BrClN/c1-3-5-7-14(6-4-2)18-11-12-10-13(17)8-9-15(12)16/h8-10,14,18H,3-7,11H2,1-2H3. The second-order valence-corrected chi connectivity index (χ2v) is 6.04. The summed E-state index contributed by atoms with van der Waals surface area (Å²) in [5, 5.41) is 4.45. The first-order valence-electron chi connectivity index (χ1n) is 6.84. The van der Waals surface area contributed by atoms with E-state index >= 15 is 0 Å². The predicted octanol–water partition coefficient (Wildman–Crippen LogP) is 5.55. The lowest BCUT2D eigenvalue weighted by Gasteiger charge is -2.18. The molecule has 0 saturated carbocycles. The third kappa shape index (κ3) is 5.73. The molecule has 0 saturated heterocycles. The summed E-state index contributed by atoms with van der Waals surface area (Å²) in [7, 11) is 0. The fraction of sp³-hybridized carbons (Fsp3) is 0.600. The summed E-state index contributed by atoms with van der Waals surface area (Å²) in [5.41, 5.74) is 1.24. The number of hydrogen-bond acceptors (Lipinski definition) is 1. The van der Waals surface area contributed by atoms with Gasteiger partial charge in [0.1, 0.15) is 0 Å². The van der Waals surface area contributed by atoms with Crippen LogP contribution in [0.4, 0.5) is 0 Å². The second kappa shape index (κ2) is 8.95. The Bertz CT molecular complexity index is 354. The zero-order chi connectivity index (χ0) is 13.4. The quantitative estimate of drug-likeness (QED) is 0.658. The summed E-state index contributed by atoms with van der Waals surface area (Å²) >= 11 is 9.60. The molecule has 1 N–H and O–H groups in total. The summed E-state index contributed by atoms with van der Waals surface area (Å²) in [4.78, 5) is 0. The van der Waals surface area contributed by atoms with Gasteiger partial charge in [-0.15, -0.1) is 0 Å². The van der Waals surface area contributed by atoms with E-state index in [9.17, 15) is 0 Å². The summed E-state index contributed by atoms with van der Waals surface area (Å²) in [5.74, 6) is 0. The van der Waals surface area contributed by atoms with E-state index in [0.29, 0.717) is 6.04 Å². The molecule has 1 rings (SSSR count). The second-order valence-electron chi connectivity index (χ2n) is 4.74. The Balaban J connectivity index is 2.52. The topological polar surface area (TPSA) is 12.0 Å². The highest BCUT2D eigenvalue weighted by atomic mass is 79.9. The van der Waals surface area contributed by atoms with Crippen LogP contribution in [0.1, 0.15) is 51.5 Å². The molecular formula is C15H23BrClN. The van der Waals surface area contributed by atoms with Gasteiger partial charge in [-0.1, -0.05) is 60.6 Å². The maximum Gasteiger partial charge on any atom is 0.0410 e. The lowest BCUT2D eigenvalue weighted by atomic mass is 10.0. The largest absolute Gasteiger partial charge is 0.310 e. The molecule has 0 aliphatic rings. The van der Waals surface area contributed by atoms with Crippen LogP contribution in [0.15, 0.2) is 22.7 Å². The van der Waals surface area contributed by atoms with Crippen LogP contribution in [-0.4, -0.2) is 6.04 Å². The van der Waals surface area contributed by atoms with Crippen molar-refractivity contribution in [3.63, 3.8) is 0 Å². The highest BCUT2D eigenvalue weighted by Gasteiger charge is 2.08. The third-order valence-corrected chi connectivity index (χ3v) is 4.14. The van der Waals surface area contributed by atoms with Crippen LogP contribution in [0, 0.1) is 0 Å². The molecule has 18 heavy (non-hydrogen) atoms. The first-order valence-corrected chi connectivity index (χ1v) is 8.01. The van der Waals surface area contributed by atoms with E-state index in [1.54, 1.807) is 0 Å². The Labute approximate surface area is 124 Å². The number of unbranched alkanes of at least 4 members (excludes halogenated alkanes) is 1. The molecule has 1 aromatic rings. The molecule has 3 heteroatoms. The normalized spacial score (nSPS) is 12.7. The van der Waals surface area contributed by atoms with Gasteiger partial charge in [0.15, 0.2) is 0 Å². The van der Waals surface area contributed by atoms with Crippen LogP contribution < -0.4 is 5.32 Å². The molecule has 0 fully saturated rings. The van der Waals surface area contributed by atoms with Crippen molar-refractivity contribution in [2.24, 2.45) is 0 Å². The van der Waals surface area contributed by atoms with Gasteiger partial charge in [0, 0.05) is 22.1 Å². The van der Waals surface area contributed by atoms with Gasteiger partial charge >= 0.3 is 0 Å². The first kappa shape index (κ1) is 16.0. The predicted molar refractivity (Wildman–Crippen MR) is 84.2 cm³/mol. The number of benzene rings is 1. The van der Waals surface area contributed by atoms with Crippen LogP contribution in [0.25, 0.3) is 0 Å². The van der Waals surface area contributed by atoms with Crippen molar-refractivity contribution in [2.45, 2.75) is 58.5 Å². The molecule has 1 atom stereocenters. The van der Waals surface area contributed by atoms with E-state index in [4.69, 9.17) is 11.6 Å². The molecule has 1 aromatic carbocycles. The van der Waals surface area contributed by atoms with Crippen LogP contribution in [0.2, 0.25) is 5.02 Å². The minimum Gasteiger partial charge on any atom is -0.310 e. The number of hydrogen-bond donors (Lipinski definition) is 1. The van der Waals surface area contributed by atoms with Crippen molar-refractivity contribution in [2.75, 3.05) is 0 Å². The van der Waals surface area contributed by atoms with Crippen LogP contribution in [-0.2, 0) is 6.54 Å². The van der Waals surface area contributed by atoms with Crippen LogP contribution in [0.3, 0.4) is 0 Å². The fourth-order valence-corrected chi connectivity index (χ4v) is 2.66. The van der Waals surface area contributed by atoms with Crippen LogP contribution >= 0.6 is 27.5 Å². The van der Waals surface area contributed by atoms with Gasteiger partial charge in [0.2, 0.25) is 0 Å². The van der Waals surface area contributed by atoms with E-state index in [1.807, 2.05) is 18.2 Å². The minimum absolute atomic E-state index is 0.626. The van der Waals surface area contributed by atoms with E-state index < -0.39 is 0 Å². The van der Waals surface area contributed by atoms with Crippen molar-refractivity contribution < 1.29 is 0 Å². The summed E-state index contributed by atoms with van der Waals surface area (Å²) in [6, 6.07) is 6.58. The lowest BCUT2D eigenvalue weighted by Crippen LogP contribution is -2.28. The highest BCUT2D eigenvalue weighted by Crippen LogP contribution is 2.21. The molecule has 102 valence electrons. The van der Waals surface area contributed by atoms with Crippen molar-refractivity contribution in [1.29, 1.82) is 0 Å². The van der Waals surface area contributed by atoms with E-state index in [0.717, 1.165) is 16.0 Å². The smallest absolute Gasteiger partial charge is 0.0410 e. The Morgan fingerprint density at radius 2 is 2.00 bits per heavy atom. The zero-order valence-corrected chi connectivity index (χ0v) is 13.6. The van der Waals surface area contributed by atoms with E-state index in [2.05, 4.69) is 35.1 Å². The molecular weight excluding hydrogens is 310 g/mol. The molecule has 0 aromatic heterocycles. The van der Waals surface area contributed by atoms with Gasteiger partial charge in [-0.25, -0.2) is 0 Å². The third-order valence-electron chi connectivity index (χ3n) is 3.13. The Morgan fingerprint density at radius 1 is 1.22 bits per heavy atom. The molecule has 0 aliphatic carbocycles. The van der Waals surface area contributed by atoms with Crippen LogP contribution in [0.5, 0.6) is 0 Å². The SMILES string of the molecule is CCCCC(CCC)NCc1cc(Cl)ccc1Br. The van der Waals surface area contributed by atoms with Crippen molar-refractivity contribution in [3.05, 3.63) is 33.3 Å². The molecule has 0 bridgehead atoms. The molecule has 1 nitrogen and oxygen atoms in total. The van der Waals surface area contributed by atoms with Gasteiger partial charge in [-0.2, -0.15) is 0 Å². The average Bonchev–Trinajstić information content (AvgIpc) is 2.36. The summed E-state index contributed by atoms with van der Waals surface area (Å²) < 4.78 is 1.13. The van der Waals surface area contributed by atoms with Crippen molar-refractivity contribution in [1.82, 2.24) is 5.32 Å². The number of nitrogens with one attached hydrogen (secondary N) is 1. The molecule has 1 unspecified atom stereocenters. The van der Waals surface area contributed by atoms with Crippen molar-refractivity contribution >= 4 is 27.5 Å². The summed E-state index contributed by atoms with van der Waals surface area (Å²) in [6.07, 6.45) is 6.32. The van der Waals surface area contributed by atoms with Gasteiger partial charge in [0.05, 0.1) is 0 Å². The van der Waals surface area contributed by atoms with Gasteiger partial charge in [0.25, 0.3) is 0 Å². The summed E-state index contributed by atoms with van der Waals surface area (Å²) in [6.45, 7) is 5.38. The number of rotatable bonds is 8. The number of halogens is 2. The highest BCUT2D eigenvalue weighted by molar-refractivity contribution is 9.10. The van der Waals surface area contributed by atoms with E-state index in [-0.39, 0.29) is 0 Å². The van der Waals surface area contributed by atoms with Gasteiger partial charge < -0.3 is 5.32 Å². The molecule has 0 radical (unpaired) electrons. The Hall–Kier alpha value is -0.0500. The molecule has 0 spiro atoms. The molecule has 0 aliphatic heterocycles. The fourth-order valence-electron chi connectivity index (χ4n) is 2.08. The minimum atomic E-state index is 0.626. The maximum atomic E-state index is 6.03. The van der Waals surface area contributed by atoms with Crippen molar-refractivity contribution in [3.8, 4) is 0 Å². The van der Waals surface area contributed by atoms with Gasteiger partial charge in [-0.3, -0.25) is 0 Å². The molecule has 0 amide bonds. The Morgan fingerprint density at radius 3 is 2.67 bits per heavy atom. The zero-order valence-electron chi connectivity index (χ0n) is 11.3. The lowest BCUT2D eigenvalue weighted by molar-refractivity contribution is 0.434. The monoisotopic (exact) mass is 331 g/mol. The Kier molecular flexibility index (Phi) is 7.96. The maximum absolute atomic E-state index is 6.03. The van der Waals surface area contributed by atoms with E-state index in [1.165, 1.54) is 37.7 Å². The van der Waals surface area contributed by atoms with Gasteiger partial charge in [-0.05, 0) is 36.6 Å².